The SMILES string of the molecule is C/C(N)=C(/c1ccccc1)C1(O)C(=O)N(CCc2ccccc2)c2ccc(Cl)cc21. The van der Waals surface area contributed by atoms with Crippen molar-refractivity contribution < 1.29 is 9.90 Å². The van der Waals surface area contributed by atoms with E-state index in [4.69, 9.17) is 17.3 Å². The Balaban J connectivity index is 1.82. The van der Waals surface area contributed by atoms with Crippen molar-refractivity contribution in [3.8, 4) is 0 Å². The van der Waals surface area contributed by atoms with Crippen LogP contribution in [-0.4, -0.2) is 17.6 Å². The van der Waals surface area contributed by atoms with Crippen LogP contribution in [0.15, 0.2) is 84.6 Å². The highest BCUT2D eigenvalue weighted by Gasteiger charge is 2.53. The highest BCUT2D eigenvalue weighted by Crippen LogP contribution is 2.49. The van der Waals surface area contributed by atoms with Crippen LogP contribution in [0.2, 0.25) is 5.02 Å². The highest BCUT2D eigenvalue weighted by atomic mass is 35.5. The van der Waals surface area contributed by atoms with Crippen LogP contribution in [0.3, 0.4) is 0 Å². The standard InChI is InChI=1S/C25H23ClN2O2/c1-17(27)23(19-10-6-3-7-11-19)25(30)21-16-20(26)12-13-22(21)28(24(25)29)15-14-18-8-4-2-5-9-18/h2-13,16,30H,14-15,27H2,1H3/b23-17+. The zero-order valence-corrected chi connectivity index (χ0v) is 17.4. The number of fused-ring (bicyclic) bond motifs is 1. The van der Waals surface area contributed by atoms with Gasteiger partial charge >= 0.3 is 0 Å². The third-order valence-electron chi connectivity index (χ3n) is 5.48. The van der Waals surface area contributed by atoms with Gasteiger partial charge < -0.3 is 15.7 Å². The molecule has 1 unspecified atom stereocenters. The molecule has 0 spiro atoms. The van der Waals surface area contributed by atoms with Gasteiger partial charge in [0, 0.05) is 28.4 Å². The minimum absolute atomic E-state index is 0.382. The van der Waals surface area contributed by atoms with E-state index in [1.807, 2.05) is 60.7 Å². The molecule has 3 N–H and O–H groups in total. The van der Waals surface area contributed by atoms with Crippen molar-refractivity contribution in [1.29, 1.82) is 0 Å². The van der Waals surface area contributed by atoms with Gasteiger partial charge in [0.2, 0.25) is 0 Å². The van der Waals surface area contributed by atoms with Gasteiger partial charge in [0.25, 0.3) is 5.91 Å². The van der Waals surface area contributed by atoms with E-state index in [0.717, 1.165) is 5.56 Å². The molecule has 30 heavy (non-hydrogen) atoms. The predicted octanol–water partition coefficient (Wildman–Crippen LogP) is 4.51. The molecule has 0 radical (unpaired) electrons. The quantitative estimate of drug-likeness (QED) is 0.640. The van der Waals surface area contributed by atoms with Crippen LogP contribution in [-0.2, 0) is 16.8 Å². The Morgan fingerprint density at radius 2 is 1.67 bits per heavy atom. The van der Waals surface area contributed by atoms with E-state index in [2.05, 4.69) is 0 Å². The lowest BCUT2D eigenvalue weighted by Crippen LogP contribution is -2.42. The largest absolute Gasteiger partial charge is 0.402 e. The molecule has 0 bridgehead atoms. The van der Waals surface area contributed by atoms with Gasteiger partial charge in [-0.1, -0.05) is 72.3 Å². The fourth-order valence-corrected chi connectivity index (χ4v) is 4.30. The maximum absolute atomic E-state index is 13.7. The summed E-state index contributed by atoms with van der Waals surface area (Å²) in [6.45, 7) is 2.13. The van der Waals surface area contributed by atoms with Gasteiger partial charge in [-0.3, -0.25) is 4.79 Å². The molecule has 0 aromatic heterocycles. The van der Waals surface area contributed by atoms with E-state index in [-0.39, 0.29) is 0 Å². The summed E-state index contributed by atoms with van der Waals surface area (Å²) >= 11 is 6.26. The first kappa shape index (κ1) is 20.2. The Morgan fingerprint density at radius 3 is 2.30 bits per heavy atom. The number of amides is 1. The number of allylic oxidation sites excluding steroid dienone is 1. The molecule has 0 aliphatic carbocycles. The molecule has 3 aromatic rings. The number of hydrogen-bond acceptors (Lipinski definition) is 3. The van der Waals surface area contributed by atoms with Crippen LogP contribution >= 0.6 is 11.6 Å². The molecular weight excluding hydrogens is 396 g/mol. The summed E-state index contributed by atoms with van der Waals surface area (Å²) in [5.41, 5.74) is 8.00. The molecule has 0 saturated carbocycles. The van der Waals surface area contributed by atoms with Crippen molar-refractivity contribution in [3.05, 3.63) is 106 Å². The number of rotatable bonds is 5. The first-order valence-electron chi connectivity index (χ1n) is 9.83. The molecule has 1 heterocycles. The zero-order valence-electron chi connectivity index (χ0n) is 16.7. The molecule has 1 amide bonds. The topological polar surface area (TPSA) is 66.6 Å². The number of anilines is 1. The van der Waals surface area contributed by atoms with Crippen molar-refractivity contribution in [2.75, 3.05) is 11.4 Å². The number of aliphatic hydroxyl groups is 1. The maximum Gasteiger partial charge on any atom is 0.268 e. The van der Waals surface area contributed by atoms with Gasteiger partial charge in [-0.05, 0) is 42.7 Å². The number of carbonyl (C=O) groups excluding carboxylic acids is 1. The number of benzene rings is 3. The molecule has 152 valence electrons. The fourth-order valence-electron chi connectivity index (χ4n) is 4.13. The Hall–Kier alpha value is -3.08. The van der Waals surface area contributed by atoms with E-state index < -0.39 is 11.5 Å². The van der Waals surface area contributed by atoms with E-state index in [0.29, 0.717) is 46.1 Å². The monoisotopic (exact) mass is 418 g/mol. The molecule has 0 saturated heterocycles. The van der Waals surface area contributed by atoms with E-state index in [9.17, 15) is 9.90 Å². The Labute approximate surface area is 181 Å². The average Bonchev–Trinajstić information content (AvgIpc) is 2.95. The fraction of sp³-hybridized carbons (Fsp3) is 0.160. The first-order chi connectivity index (χ1) is 14.4. The first-order valence-corrected chi connectivity index (χ1v) is 10.2. The Morgan fingerprint density at radius 1 is 1.03 bits per heavy atom. The molecule has 4 rings (SSSR count). The summed E-state index contributed by atoms with van der Waals surface area (Å²) in [4.78, 5) is 15.3. The summed E-state index contributed by atoms with van der Waals surface area (Å²) in [5, 5.41) is 12.4. The lowest BCUT2D eigenvalue weighted by molar-refractivity contribution is -0.130. The van der Waals surface area contributed by atoms with Crippen LogP contribution in [0.4, 0.5) is 5.69 Å². The van der Waals surface area contributed by atoms with Crippen molar-refractivity contribution in [1.82, 2.24) is 0 Å². The van der Waals surface area contributed by atoms with Crippen LogP contribution < -0.4 is 10.6 Å². The number of carbonyl (C=O) groups is 1. The van der Waals surface area contributed by atoms with E-state index in [1.165, 1.54) is 0 Å². The van der Waals surface area contributed by atoms with Crippen LogP contribution in [0, 0.1) is 0 Å². The third-order valence-corrected chi connectivity index (χ3v) is 5.71. The van der Waals surface area contributed by atoms with Gasteiger partial charge in [0.05, 0.1) is 5.69 Å². The lowest BCUT2D eigenvalue weighted by Gasteiger charge is -2.28. The lowest BCUT2D eigenvalue weighted by atomic mass is 9.82. The molecule has 4 nitrogen and oxygen atoms in total. The molecular formula is C25H23ClN2O2. The second-order valence-corrected chi connectivity index (χ2v) is 7.92. The summed E-state index contributed by atoms with van der Waals surface area (Å²) < 4.78 is 0. The van der Waals surface area contributed by atoms with Crippen molar-refractivity contribution in [2.24, 2.45) is 5.73 Å². The van der Waals surface area contributed by atoms with Gasteiger partial charge in [0.1, 0.15) is 0 Å². The van der Waals surface area contributed by atoms with Gasteiger partial charge in [-0.15, -0.1) is 0 Å². The zero-order chi connectivity index (χ0) is 21.3. The summed E-state index contributed by atoms with van der Waals surface area (Å²) in [5.74, 6) is -0.417. The molecule has 1 atom stereocenters. The van der Waals surface area contributed by atoms with Gasteiger partial charge in [-0.2, -0.15) is 0 Å². The maximum atomic E-state index is 13.7. The van der Waals surface area contributed by atoms with Crippen LogP contribution in [0.1, 0.15) is 23.6 Å². The number of hydrogen-bond donors (Lipinski definition) is 2. The number of halogens is 1. The van der Waals surface area contributed by atoms with Gasteiger partial charge in [0.15, 0.2) is 5.60 Å². The molecule has 5 heteroatoms. The summed E-state index contributed by atoms with van der Waals surface area (Å²) in [7, 11) is 0. The number of nitrogens with zero attached hydrogens (tertiary/aromatic N) is 1. The minimum atomic E-state index is -1.91. The Bertz CT molecular complexity index is 1110. The summed E-state index contributed by atoms with van der Waals surface area (Å²) in [6, 6.07) is 24.4. The van der Waals surface area contributed by atoms with Crippen molar-refractivity contribution in [2.45, 2.75) is 18.9 Å². The third kappa shape index (κ3) is 3.38. The van der Waals surface area contributed by atoms with Crippen LogP contribution in [0.5, 0.6) is 0 Å². The molecule has 3 aromatic carbocycles. The highest BCUT2D eigenvalue weighted by molar-refractivity contribution is 6.31. The number of nitrogens with two attached hydrogens (primary N) is 1. The molecule has 0 fully saturated rings. The second-order valence-electron chi connectivity index (χ2n) is 7.49. The van der Waals surface area contributed by atoms with Crippen molar-refractivity contribution in [3.63, 3.8) is 0 Å². The minimum Gasteiger partial charge on any atom is -0.402 e. The average molecular weight is 419 g/mol. The smallest absolute Gasteiger partial charge is 0.268 e. The normalized spacial score (nSPS) is 18.9. The van der Waals surface area contributed by atoms with E-state index in [1.54, 1.807) is 30.0 Å². The van der Waals surface area contributed by atoms with Crippen molar-refractivity contribution >= 4 is 28.8 Å². The van der Waals surface area contributed by atoms with Gasteiger partial charge in [-0.25, -0.2) is 0 Å². The van der Waals surface area contributed by atoms with E-state index >= 15 is 0 Å². The molecule has 1 aliphatic heterocycles. The summed E-state index contributed by atoms with van der Waals surface area (Å²) in [6.07, 6.45) is 0.663. The molecule has 1 aliphatic rings. The Kier molecular flexibility index (Phi) is 5.37. The second kappa shape index (κ2) is 7.98. The van der Waals surface area contributed by atoms with Crippen LogP contribution in [0.25, 0.3) is 5.57 Å². The predicted molar refractivity (Wildman–Crippen MR) is 121 cm³/mol.